The van der Waals surface area contributed by atoms with E-state index in [0.29, 0.717) is 6.61 Å². The first-order chi connectivity index (χ1) is 8.86. The van der Waals surface area contributed by atoms with E-state index in [2.05, 4.69) is 4.90 Å². The summed E-state index contributed by atoms with van der Waals surface area (Å²) in [5.41, 5.74) is 0. The summed E-state index contributed by atoms with van der Waals surface area (Å²) in [6, 6.07) is 9.33. The van der Waals surface area contributed by atoms with E-state index >= 15 is 0 Å². The minimum absolute atomic E-state index is 0.543. The van der Waals surface area contributed by atoms with Crippen molar-refractivity contribution in [3.63, 3.8) is 0 Å². The van der Waals surface area contributed by atoms with Crippen molar-refractivity contribution in [2.45, 2.75) is 6.42 Å². The van der Waals surface area contributed by atoms with Crippen LogP contribution < -0.4 is 5.30 Å². The number of benzene rings is 1. The summed E-state index contributed by atoms with van der Waals surface area (Å²) in [6.07, 6.45) is 0.911. The van der Waals surface area contributed by atoms with Crippen LogP contribution in [0, 0.1) is 0 Å². The van der Waals surface area contributed by atoms with E-state index in [-0.39, 0.29) is 0 Å². The monoisotopic (exact) mass is 268 g/mol. The molecule has 0 radical (unpaired) electrons. The zero-order chi connectivity index (χ0) is 12.6. The van der Waals surface area contributed by atoms with Gasteiger partial charge in [0.25, 0.3) is 0 Å². The summed E-state index contributed by atoms with van der Waals surface area (Å²) in [5.74, 6) is 0. The summed E-state index contributed by atoms with van der Waals surface area (Å²) in [6.45, 7) is 5.15. The Labute approximate surface area is 109 Å². The van der Waals surface area contributed by atoms with Crippen molar-refractivity contribution in [1.82, 2.24) is 4.90 Å². The molecule has 1 aromatic carbocycles. The summed E-state index contributed by atoms with van der Waals surface area (Å²) in [4.78, 5) is 2.35. The Hall–Kier alpha value is -0.800. The van der Waals surface area contributed by atoms with Gasteiger partial charge in [-0.15, -0.1) is 4.52 Å². The van der Waals surface area contributed by atoms with Crippen LogP contribution in [0.4, 0.5) is 0 Å². The van der Waals surface area contributed by atoms with Gasteiger partial charge in [0.15, 0.2) is 0 Å². The van der Waals surface area contributed by atoms with Crippen LogP contribution in [0.25, 0.3) is 0 Å². The molecule has 18 heavy (non-hydrogen) atoms. The van der Waals surface area contributed by atoms with Crippen molar-refractivity contribution >= 4 is 13.3 Å². The van der Waals surface area contributed by atoms with Crippen LogP contribution in [0.1, 0.15) is 6.42 Å². The second-order valence-electron chi connectivity index (χ2n) is 4.23. The molecule has 0 spiro atoms. The highest BCUT2D eigenvalue weighted by molar-refractivity contribution is 7.48. The van der Waals surface area contributed by atoms with E-state index in [9.17, 15) is 4.57 Å². The molecule has 0 N–H and O–H groups in total. The van der Waals surface area contributed by atoms with Crippen molar-refractivity contribution in [1.29, 1.82) is 0 Å². The van der Waals surface area contributed by atoms with Gasteiger partial charge < -0.3 is 4.74 Å². The number of hydrogen-bond donors (Lipinski definition) is 0. The molecule has 4 nitrogen and oxygen atoms in total. The van der Waals surface area contributed by atoms with Crippen molar-refractivity contribution in [3.8, 4) is 0 Å². The van der Waals surface area contributed by atoms with Gasteiger partial charge in [0, 0.05) is 19.6 Å². The molecule has 0 aromatic heterocycles. The van der Waals surface area contributed by atoms with Gasteiger partial charge in [-0.3, -0.25) is 4.90 Å². The standard InChI is InChI=1S/C13H19NO3P/c15-18(13-5-2-1-3-6-13)17-10-4-7-14-8-11-16-12-9-14/h1-3,5-6H,4,7-12H2/q+1. The summed E-state index contributed by atoms with van der Waals surface area (Å²) >= 11 is 0. The molecule has 0 saturated carbocycles. The van der Waals surface area contributed by atoms with Crippen LogP contribution in [0.15, 0.2) is 30.3 Å². The molecule has 0 aliphatic carbocycles. The van der Waals surface area contributed by atoms with Crippen LogP contribution >= 0.6 is 8.03 Å². The van der Waals surface area contributed by atoms with E-state index < -0.39 is 8.03 Å². The molecule has 0 bridgehead atoms. The Morgan fingerprint density at radius 3 is 2.67 bits per heavy atom. The summed E-state index contributed by atoms with van der Waals surface area (Å²) in [7, 11) is -1.70. The molecule has 1 fully saturated rings. The third kappa shape index (κ3) is 4.46. The molecule has 1 aliphatic rings. The number of morpholine rings is 1. The molecule has 0 amide bonds. The first kappa shape index (κ1) is 13.6. The van der Waals surface area contributed by atoms with Crippen molar-refractivity contribution in [3.05, 3.63) is 30.3 Å². The van der Waals surface area contributed by atoms with E-state index in [4.69, 9.17) is 9.26 Å². The first-order valence-corrected chi connectivity index (χ1v) is 7.49. The molecular formula is C13H19NO3P+. The van der Waals surface area contributed by atoms with Gasteiger partial charge in [0.1, 0.15) is 6.61 Å². The molecule has 2 rings (SSSR count). The summed E-state index contributed by atoms with van der Waals surface area (Å²) < 4.78 is 22.4. The largest absolute Gasteiger partial charge is 0.548 e. The van der Waals surface area contributed by atoms with Gasteiger partial charge in [-0.05, 0) is 23.1 Å². The minimum Gasteiger partial charge on any atom is -0.379 e. The second-order valence-corrected chi connectivity index (χ2v) is 5.52. The predicted molar refractivity (Wildman–Crippen MR) is 71.5 cm³/mol. The molecule has 1 aliphatic heterocycles. The number of nitrogens with zero attached hydrogens (tertiary/aromatic N) is 1. The number of hydrogen-bond acceptors (Lipinski definition) is 4. The van der Waals surface area contributed by atoms with E-state index in [1.807, 2.05) is 30.3 Å². The molecule has 5 heteroatoms. The Bertz CT molecular complexity index is 366. The van der Waals surface area contributed by atoms with Gasteiger partial charge in [0.05, 0.1) is 13.2 Å². The number of ether oxygens (including phenoxy) is 1. The fourth-order valence-corrected chi connectivity index (χ4v) is 2.74. The van der Waals surface area contributed by atoms with Gasteiger partial charge in [-0.25, -0.2) is 0 Å². The highest BCUT2D eigenvalue weighted by Gasteiger charge is 2.21. The number of rotatable bonds is 6. The third-order valence-corrected chi connectivity index (χ3v) is 4.03. The highest BCUT2D eigenvalue weighted by atomic mass is 31.1. The van der Waals surface area contributed by atoms with Crippen molar-refractivity contribution in [2.75, 3.05) is 39.5 Å². The van der Waals surface area contributed by atoms with E-state index in [1.54, 1.807) is 0 Å². The van der Waals surface area contributed by atoms with Gasteiger partial charge in [-0.2, -0.15) is 0 Å². The average Bonchev–Trinajstić information content (AvgIpc) is 2.45. The highest BCUT2D eigenvalue weighted by Crippen LogP contribution is 2.21. The molecule has 98 valence electrons. The smallest absolute Gasteiger partial charge is 0.379 e. The maximum atomic E-state index is 11.8. The minimum atomic E-state index is -1.70. The first-order valence-electron chi connectivity index (χ1n) is 6.31. The Balaban J connectivity index is 1.62. The molecular weight excluding hydrogens is 249 g/mol. The maximum absolute atomic E-state index is 11.8. The summed E-state index contributed by atoms with van der Waals surface area (Å²) in [5, 5.41) is 0.763. The Morgan fingerprint density at radius 2 is 1.94 bits per heavy atom. The fraction of sp³-hybridized carbons (Fsp3) is 0.538. The lowest BCUT2D eigenvalue weighted by Gasteiger charge is -2.25. The average molecular weight is 268 g/mol. The van der Waals surface area contributed by atoms with Gasteiger partial charge in [-0.1, -0.05) is 18.2 Å². The third-order valence-electron chi connectivity index (χ3n) is 2.90. The Morgan fingerprint density at radius 1 is 1.22 bits per heavy atom. The van der Waals surface area contributed by atoms with Gasteiger partial charge in [0.2, 0.25) is 5.30 Å². The van der Waals surface area contributed by atoms with E-state index in [1.165, 1.54) is 0 Å². The SMILES string of the molecule is O=[P+](OCCCN1CCOCC1)c1ccccc1. The zero-order valence-corrected chi connectivity index (χ0v) is 11.4. The van der Waals surface area contributed by atoms with E-state index in [0.717, 1.165) is 44.6 Å². The van der Waals surface area contributed by atoms with Crippen molar-refractivity contribution < 1.29 is 13.8 Å². The molecule has 1 heterocycles. The molecule has 1 aromatic rings. The molecule has 1 saturated heterocycles. The van der Waals surface area contributed by atoms with Gasteiger partial charge >= 0.3 is 8.03 Å². The van der Waals surface area contributed by atoms with Crippen LogP contribution in [0.3, 0.4) is 0 Å². The van der Waals surface area contributed by atoms with Crippen LogP contribution in [0.2, 0.25) is 0 Å². The fourth-order valence-electron chi connectivity index (χ4n) is 1.88. The van der Waals surface area contributed by atoms with Crippen LogP contribution in [0.5, 0.6) is 0 Å². The molecule has 1 unspecified atom stereocenters. The lowest BCUT2D eigenvalue weighted by molar-refractivity contribution is 0.0359. The molecule has 1 atom stereocenters. The predicted octanol–water partition coefficient (Wildman–Crippen LogP) is 1.79. The normalized spacial score (nSPS) is 17.7. The van der Waals surface area contributed by atoms with Crippen LogP contribution in [-0.4, -0.2) is 44.4 Å². The van der Waals surface area contributed by atoms with Crippen molar-refractivity contribution in [2.24, 2.45) is 0 Å². The second kappa shape index (κ2) is 7.59. The lowest BCUT2D eigenvalue weighted by Crippen LogP contribution is -2.37. The van der Waals surface area contributed by atoms with Crippen LogP contribution in [-0.2, 0) is 13.8 Å². The Kier molecular flexibility index (Phi) is 5.75. The quantitative estimate of drug-likeness (QED) is 0.582. The topological polar surface area (TPSA) is 38.8 Å². The maximum Gasteiger partial charge on any atom is 0.548 e. The lowest BCUT2D eigenvalue weighted by atomic mass is 10.3. The zero-order valence-electron chi connectivity index (χ0n) is 10.5.